The highest BCUT2D eigenvalue weighted by Gasteiger charge is 2.42. The number of hydrogen-bond donors (Lipinski definition) is 2. The molecule has 2 rings (SSSR count). The lowest BCUT2D eigenvalue weighted by atomic mass is 9.95. The van der Waals surface area contributed by atoms with Crippen molar-refractivity contribution in [2.45, 2.75) is 18.5 Å². The SMILES string of the molecule is O=C(O)CC(c1ccc2nc[nH]c2c1)C(F)(F)F. The van der Waals surface area contributed by atoms with Gasteiger partial charge in [-0.25, -0.2) is 4.98 Å². The lowest BCUT2D eigenvalue weighted by Gasteiger charge is -2.18. The number of H-pyrrole nitrogens is 1. The summed E-state index contributed by atoms with van der Waals surface area (Å²) in [7, 11) is 0. The van der Waals surface area contributed by atoms with Gasteiger partial charge in [-0.1, -0.05) is 6.07 Å². The smallest absolute Gasteiger partial charge is 0.396 e. The number of halogens is 3. The standard InChI is InChI=1S/C11H9F3N2O2/c12-11(13,14)7(4-10(17)18)6-1-2-8-9(3-6)16-5-15-8/h1-3,5,7H,4H2,(H,15,16)(H,17,18). The minimum atomic E-state index is -4.59. The molecule has 1 atom stereocenters. The predicted octanol–water partition coefficient (Wildman–Crippen LogP) is 2.68. The van der Waals surface area contributed by atoms with Crippen molar-refractivity contribution in [3.05, 3.63) is 30.1 Å². The molecule has 1 aromatic carbocycles. The summed E-state index contributed by atoms with van der Waals surface area (Å²) in [6.45, 7) is 0. The molecule has 0 aliphatic carbocycles. The monoisotopic (exact) mass is 258 g/mol. The van der Waals surface area contributed by atoms with Gasteiger partial charge in [0.15, 0.2) is 0 Å². The number of carbonyl (C=O) groups is 1. The van der Waals surface area contributed by atoms with Crippen LogP contribution in [0.25, 0.3) is 11.0 Å². The first-order valence-corrected chi connectivity index (χ1v) is 5.09. The van der Waals surface area contributed by atoms with Crippen molar-refractivity contribution in [2.75, 3.05) is 0 Å². The molecule has 2 N–H and O–H groups in total. The number of hydrogen-bond acceptors (Lipinski definition) is 2. The van der Waals surface area contributed by atoms with Crippen LogP contribution in [-0.4, -0.2) is 27.2 Å². The summed E-state index contributed by atoms with van der Waals surface area (Å²) in [4.78, 5) is 17.1. The number of nitrogens with zero attached hydrogens (tertiary/aromatic N) is 1. The van der Waals surface area contributed by atoms with Gasteiger partial charge >= 0.3 is 12.1 Å². The van der Waals surface area contributed by atoms with Crippen LogP contribution in [0.1, 0.15) is 17.9 Å². The zero-order chi connectivity index (χ0) is 13.3. The molecule has 96 valence electrons. The van der Waals surface area contributed by atoms with Crippen molar-refractivity contribution in [1.29, 1.82) is 0 Å². The number of imidazole rings is 1. The number of fused-ring (bicyclic) bond motifs is 1. The predicted molar refractivity (Wildman–Crippen MR) is 57.1 cm³/mol. The van der Waals surface area contributed by atoms with Gasteiger partial charge in [-0.05, 0) is 17.7 Å². The molecule has 0 radical (unpaired) electrons. The summed E-state index contributed by atoms with van der Waals surface area (Å²) in [6, 6.07) is 3.97. The summed E-state index contributed by atoms with van der Waals surface area (Å²) in [5.74, 6) is -3.50. The maximum Gasteiger partial charge on any atom is 0.396 e. The summed E-state index contributed by atoms with van der Waals surface area (Å²) < 4.78 is 38.4. The van der Waals surface area contributed by atoms with Crippen molar-refractivity contribution in [3.8, 4) is 0 Å². The maximum absolute atomic E-state index is 12.8. The van der Waals surface area contributed by atoms with Crippen LogP contribution in [0.4, 0.5) is 13.2 Å². The quantitative estimate of drug-likeness (QED) is 0.889. The van der Waals surface area contributed by atoms with Gasteiger partial charge in [-0.3, -0.25) is 4.79 Å². The molecule has 0 spiro atoms. The van der Waals surface area contributed by atoms with Crippen LogP contribution < -0.4 is 0 Å². The van der Waals surface area contributed by atoms with E-state index in [1.165, 1.54) is 24.5 Å². The number of nitrogens with one attached hydrogen (secondary N) is 1. The van der Waals surface area contributed by atoms with E-state index >= 15 is 0 Å². The fourth-order valence-electron chi connectivity index (χ4n) is 1.77. The van der Waals surface area contributed by atoms with Crippen molar-refractivity contribution in [1.82, 2.24) is 9.97 Å². The van der Waals surface area contributed by atoms with E-state index < -0.39 is 24.5 Å². The zero-order valence-corrected chi connectivity index (χ0v) is 9.03. The van der Waals surface area contributed by atoms with Crippen LogP contribution in [-0.2, 0) is 4.79 Å². The Hall–Kier alpha value is -2.05. The minimum absolute atomic E-state index is 0.0818. The van der Waals surface area contributed by atoms with Gasteiger partial charge in [0.1, 0.15) is 0 Å². The highest BCUT2D eigenvalue weighted by atomic mass is 19.4. The van der Waals surface area contributed by atoms with E-state index in [1.807, 2.05) is 0 Å². The van der Waals surface area contributed by atoms with Crippen LogP contribution in [0.15, 0.2) is 24.5 Å². The van der Waals surface area contributed by atoms with Crippen LogP contribution in [0.2, 0.25) is 0 Å². The lowest BCUT2D eigenvalue weighted by Crippen LogP contribution is -2.23. The van der Waals surface area contributed by atoms with Gasteiger partial charge in [-0.2, -0.15) is 13.2 Å². The molecule has 2 aromatic rings. The molecule has 0 saturated carbocycles. The number of rotatable bonds is 3. The van der Waals surface area contributed by atoms with Crippen molar-refractivity contribution < 1.29 is 23.1 Å². The summed E-state index contributed by atoms with van der Waals surface area (Å²) >= 11 is 0. The van der Waals surface area contributed by atoms with E-state index in [0.29, 0.717) is 11.0 Å². The van der Waals surface area contributed by atoms with Crippen molar-refractivity contribution >= 4 is 17.0 Å². The van der Waals surface area contributed by atoms with Crippen molar-refractivity contribution in [3.63, 3.8) is 0 Å². The summed E-state index contributed by atoms with van der Waals surface area (Å²) in [5.41, 5.74) is 0.906. The number of alkyl halides is 3. The van der Waals surface area contributed by atoms with Gasteiger partial charge in [-0.15, -0.1) is 0 Å². The highest BCUT2D eigenvalue weighted by molar-refractivity contribution is 5.76. The Balaban J connectivity index is 2.43. The number of aromatic nitrogens is 2. The topological polar surface area (TPSA) is 66.0 Å². The Morgan fingerprint density at radius 2 is 2.17 bits per heavy atom. The number of carboxylic acids is 1. The Morgan fingerprint density at radius 3 is 2.78 bits per heavy atom. The van der Waals surface area contributed by atoms with Gasteiger partial charge in [0.2, 0.25) is 0 Å². The van der Waals surface area contributed by atoms with Gasteiger partial charge in [0.25, 0.3) is 0 Å². The van der Waals surface area contributed by atoms with Crippen LogP contribution >= 0.6 is 0 Å². The molecule has 1 unspecified atom stereocenters. The Bertz CT molecular complexity index is 577. The summed E-state index contributed by atoms with van der Waals surface area (Å²) in [6.07, 6.45) is -4.20. The van der Waals surface area contributed by atoms with Crippen LogP contribution in [0.3, 0.4) is 0 Å². The third-order valence-electron chi connectivity index (χ3n) is 2.62. The highest BCUT2D eigenvalue weighted by Crippen LogP contribution is 2.38. The van der Waals surface area contributed by atoms with Gasteiger partial charge < -0.3 is 10.1 Å². The van der Waals surface area contributed by atoms with E-state index in [4.69, 9.17) is 5.11 Å². The molecule has 0 saturated heterocycles. The van der Waals surface area contributed by atoms with E-state index in [1.54, 1.807) is 0 Å². The Morgan fingerprint density at radius 1 is 1.44 bits per heavy atom. The molecule has 1 heterocycles. The van der Waals surface area contributed by atoms with Gasteiger partial charge in [0, 0.05) is 0 Å². The maximum atomic E-state index is 12.8. The summed E-state index contributed by atoms with van der Waals surface area (Å²) in [5, 5.41) is 8.56. The molecule has 7 heteroatoms. The molecular formula is C11H9F3N2O2. The molecule has 1 aromatic heterocycles. The number of aromatic amines is 1. The first kappa shape index (κ1) is 12.4. The fraction of sp³-hybridized carbons (Fsp3) is 0.273. The average molecular weight is 258 g/mol. The van der Waals surface area contributed by atoms with E-state index in [2.05, 4.69) is 9.97 Å². The first-order valence-electron chi connectivity index (χ1n) is 5.09. The van der Waals surface area contributed by atoms with E-state index in [-0.39, 0.29) is 5.56 Å². The minimum Gasteiger partial charge on any atom is -0.481 e. The molecule has 0 fully saturated rings. The second-order valence-electron chi connectivity index (χ2n) is 3.87. The number of carboxylic acid groups (broad SMARTS) is 1. The van der Waals surface area contributed by atoms with Crippen LogP contribution in [0, 0.1) is 0 Å². The van der Waals surface area contributed by atoms with Crippen LogP contribution in [0.5, 0.6) is 0 Å². The molecule has 18 heavy (non-hydrogen) atoms. The second kappa shape index (κ2) is 4.32. The first-order chi connectivity index (χ1) is 8.38. The Kier molecular flexibility index (Phi) is 2.98. The lowest BCUT2D eigenvalue weighted by molar-refractivity contribution is -0.163. The number of aliphatic carboxylic acids is 1. The average Bonchev–Trinajstić information content (AvgIpc) is 2.70. The largest absolute Gasteiger partial charge is 0.481 e. The van der Waals surface area contributed by atoms with E-state index in [9.17, 15) is 18.0 Å². The molecule has 0 aliphatic rings. The molecule has 0 aliphatic heterocycles. The number of benzene rings is 1. The third kappa shape index (κ3) is 2.44. The second-order valence-corrected chi connectivity index (χ2v) is 3.87. The van der Waals surface area contributed by atoms with Gasteiger partial charge in [0.05, 0.1) is 29.7 Å². The molecule has 0 bridgehead atoms. The molecule has 4 nitrogen and oxygen atoms in total. The molecular weight excluding hydrogens is 249 g/mol. The molecule has 0 amide bonds. The van der Waals surface area contributed by atoms with Crippen molar-refractivity contribution in [2.24, 2.45) is 0 Å². The fourth-order valence-corrected chi connectivity index (χ4v) is 1.77. The third-order valence-corrected chi connectivity index (χ3v) is 2.62. The Labute approximate surface area is 99.5 Å². The normalized spacial score (nSPS) is 13.7. The van der Waals surface area contributed by atoms with E-state index in [0.717, 1.165) is 0 Å². The zero-order valence-electron chi connectivity index (χ0n) is 9.03.